The molecule has 2 rings (SSSR count). The smallest absolute Gasteiger partial charge is 0.225 e. The van der Waals surface area contributed by atoms with Gasteiger partial charge in [-0.2, -0.15) is 0 Å². The van der Waals surface area contributed by atoms with Crippen LogP contribution in [0.5, 0.6) is 0 Å². The minimum Gasteiger partial charge on any atom is -0.327 e. The Morgan fingerprint density at radius 2 is 2.10 bits per heavy atom. The molecule has 2 atom stereocenters. The maximum atomic E-state index is 11.9. The van der Waals surface area contributed by atoms with E-state index in [9.17, 15) is 4.79 Å². The number of halogens is 2. The van der Waals surface area contributed by atoms with Crippen molar-refractivity contribution in [1.29, 1.82) is 0 Å². The van der Waals surface area contributed by atoms with Gasteiger partial charge in [0.2, 0.25) is 5.91 Å². The Labute approximate surface area is 132 Å². The summed E-state index contributed by atoms with van der Waals surface area (Å²) in [5.74, 6) is 0.975. The summed E-state index contributed by atoms with van der Waals surface area (Å²) < 4.78 is 0. The van der Waals surface area contributed by atoms with Crippen molar-refractivity contribution in [3.8, 4) is 0 Å². The quantitative estimate of drug-likeness (QED) is 0.899. The fraction of sp³-hybridized carbons (Fsp3) is 0.571. The highest BCUT2D eigenvalue weighted by Gasteiger charge is 2.24. The highest BCUT2D eigenvalue weighted by atomic mass is 35.5. The minimum atomic E-state index is 0. The molecule has 0 aromatic carbocycles. The molecule has 6 heteroatoms. The molecule has 1 aromatic rings. The first-order valence-corrected chi connectivity index (χ1v) is 6.63. The van der Waals surface area contributed by atoms with Crippen LogP contribution in [0.3, 0.4) is 0 Å². The number of nitrogens with two attached hydrogens (primary N) is 1. The normalized spacial score (nSPS) is 21.3. The molecule has 0 bridgehead atoms. The highest BCUT2D eigenvalue weighted by Crippen LogP contribution is 2.25. The molecule has 4 nitrogen and oxygen atoms in total. The van der Waals surface area contributed by atoms with E-state index in [2.05, 4.69) is 10.3 Å². The summed E-state index contributed by atoms with van der Waals surface area (Å²) in [6.07, 6.45) is 6.71. The third kappa shape index (κ3) is 5.65. The summed E-state index contributed by atoms with van der Waals surface area (Å²) in [5.41, 5.74) is 7.14. The molecule has 0 aliphatic heterocycles. The second kappa shape index (κ2) is 9.16. The summed E-state index contributed by atoms with van der Waals surface area (Å²) in [4.78, 5) is 16.1. The molecule has 1 fully saturated rings. The topological polar surface area (TPSA) is 68.0 Å². The van der Waals surface area contributed by atoms with Crippen LogP contribution in [0.4, 0.5) is 5.82 Å². The number of anilines is 1. The van der Waals surface area contributed by atoms with Gasteiger partial charge in [-0.05, 0) is 43.4 Å². The van der Waals surface area contributed by atoms with Gasteiger partial charge in [0.25, 0.3) is 0 Å². The molecule has 0 radical (unpaired) electrons. The SMILES string of the molecule is Cc1ccnc(NC(=O)CC2CCCCC2N)c1.Cl.Cl. The summed E-state index contributed by atoms with van der Waals surface area (Å²) >= 11 is 0. The van der Waals surface area contributed by atoms with Crippen LogP contribution in [0.2, 0.25) is 0 Å². The molecular formula is C14H23Cl2N3O. The van der Waals surface area contributed by atoms with Crippen molar-refractivity contribution in [2.75, 3.05) is 5.32 Å². The third-order valence-electron chi connectivity index (χ3n) is 3.60. The molecule has 114 valence electrons. The lowest BCUT2D eigenvalue weighted by Gasteiger charge is -2.27. The van der Waals surface area contributed by atoms with Gasteiger partial charge in [0.05, 0.1) is 0 Å². The lowest BCUT2D eigenvalue weighted by molar-refractivity contribution is -0.117. The number of nitrogens with zero attached hydrogens (tertiary/aromatic N) is 1. The van der Waals surface area contributed by atoms with Crippen LogP contribution in [-0.2, 0) is 4.79 Å². The number of hydrogen-bond acceptors (Lipinski definition) is 3. The van der Waals surface area contributed by atoms with Gasteiger partial charge in [0.15, 0.2) is 0 Å². The molecule has 1 aliphatic rings. The van der Waals surface area contributed by atoms with E-state index in [0.717, 1.165) is 18.4 Å². The van der Waals surface area contributed by atoms with E-state index >= 15 is 0 Å². The highest BCUT2D eigenvalue weighted by molar-refractivity contribution is 5.90. The molecule has 1 aromatic heterocycles. The fourth-order valence-electron chi connectivity index (χ4n) is 2.53. The number of carbonyl (C=O) groups is 1. The van der Waals surface area contributed by atoms with Crippen molar-refractivity contribution in [3.63, 3.8) is 0 Å². The summed E-state index contributed by atoms with van der Waals surface area (Å²) in [6, 6.07) is 3.96. The van der Waals surface area contributed by atoms with Crippen molar-refractivity contribution in [1.82, 2.24) is 4.98 Å². The van der Waals surface area contributed by atoms with Crippen molar-refractivity contribution in [2.45, 2.75) is 45.1 Å². The predicted molar refractivity (Wildman–Crippen MR) is 86.7 cm³/mol. The first-order valence-electron chi connectivity index (χ1n) is 6.63. The van der Waals surface area contributed by atoms with E-state index in [-0.39, 0.29) is 36.8 Å². The monoisotopic (exact) mass is 319 g/mol. The Morgan fingerprint density at radius 3 is 2.75 bits per heavy atom. The molecule has 3 N–H and O–H groups in total. The van der Waals surface area contributed by atoms with Gasteiger partial charge in [-0.1, -0.05) is 12.8 Å². The lowest BCUT2D eigenvalue weighted by Crippen LogP contribution is -2.35. The van der Waals surface area contributed by atoms with E-state index in [1.807, 2.05) is 19.1 Å². The molecule has 20 heavy (non-hydrogen) atoms. The third-order valence-corrected chi connectivity index (χ3v) is 3.60. The zero-order valence-corrected chi connectivity index (χ0v) is 13.3. The predicted octanol–water partition coefficient (Wildman–Crippen LogP) is 3.08. The van der Waals surface area contributed by atoms with Gasteiger partial charge < -0.3 is 11.1 Å². The van der Waals surface area contributed by atoms with Gasteiger partial charge in [0, 0.05) is 18.7 Å². The van der Waals surface area contributed by atoms with Crippen LogP contribution < -0.4 is 11.1 Å². The first-order chi connectivity index (χ1) is 8.65. The number of nitrogens with one attached hydrogen (secondary N) is 1. The number of aromatic nitrogens is 1. The van der Waals surface area contributed by atoms with Crippen LogP contribution >= 0.6 is 24.8 Å². The molecule has 1 saturated carbocycles. The van der Waals surface area contributed by atoms with Crippen molar-refractivity contribution in [2.24, 2.45) is 11.7 Å². The van der Waals surface area contributed by atoms with Gasteiger partial charge in [0.1, 0.15) is 5.82 Å². The second-order valence-electron chi connectivity index (χ2n) is 5.18. The van der Waals surface area contributed by atoms with Crippen LogP contribution in [0.15, 0.2) is 18.3 Å². The molecule has 0 saturated heterocycles. The van der Waals surface area contributed by atoms with Crippen LogP contribution in [0, 0.1) is 12.8 Å². The molecule has 1 heterocycles. The van der Waals surface area contributed by atoms with E-state index < -0.39 is 0 Å². The average Bonchev–Trinajstić information content (AvgIpc) is 2.32. The molecule has 0 spiro atoms. The maximum absolute atomic E-state index is 11.9. The Kier molecular flexibility index (Phi) is 8.78. The molecular weight excluding hydrogens is 297 g/mol. The van der Waals surface area contributed by atoms with E-state index in [0.29, 0.717) is 18.2 Å². The number of rotatable bonds is 3. The van der Waals surface area contributed by atoms with Gasteiger partial charge in [-0.25, -0.2) is 4.98 Å². The Bertz CT molecular complexity index is 429. The lowest BCUT2D eigenvalue weighted by atomic mass is 9.83. The fourth-order valence-corrected chi connectivity index (χ4v) is 2.53. The zero-order chi connectivity index (χ0) is 13.0. The Hall–Kier alpha value is -0.840. The summed E-state index contributed by atoms with van der Waals surface area (Å²) in [5, 5.41) is 2.84. The number of amides is 1. The average molecular weight is 320 g/mol. The van der Waals surface area contributed by atoms with Crippen LogP contribution in [0.1, 0.15) is 37.7 Å². The second-order valence-corrected chi connectivity index (χ2v) is 5.18. The molecule has 1 amide bonds. The molecule has 1 aliphatic carbocycles. The first kappa shape index (κ1) is 19.2. The summed E-state index contributed by atoms with van der Waals surface area (Å²) in [6.45, 7) is 1.98. The number of pyridine rings is 1. The Morgan fingerprint density at radius 1 is 1.40 bits per heavy atom. The van der Waals surface area contributed by atoms with Gasteiger partial charge >= 0.3 is 0 Å². The van der Waals surface area contributed by atoms with E-state index in [4.69, 9.17) is 5.73 Å². The van der Waals surface area contributed by atoms with Crippen molar-refractivity contribution in [3.05, 3.63) is 23.9 Å². The largest absolute Gasteiger partial charge is 0.327 e. The minimum absolute atomic E-state index is 0. The number of aryl methyl sites for hydroxylation is 1. The standard InChI is InChI=1S/C14H21N3O.2ClH/c1-10-6-7-16-13(8-10)17-14(18)9-11-4-2-3-5-12(11)15;;/h6-8,11-12H,2-5,9,15H2,1H3,(H,16,17,18);2*1H. The van der Waals surface area contributed by atoms with Crippen molar-refractivity contribution >= 4 is 36.5 Å². The van der Waals surface area contributed by atoms with Crippen LogP contribution in [-0.4, -0.2) is 16.9 Å². The van der Waals surface area contributed by atoms with E-state index in [1.54, 1.807) is 6.20 Å². The maximum Gasteiger partial charge on any atom is 0.225 e. The van der Waals surface area contributed by atoms with E-state index in [1.165, 1.54) is 12.8 Å². The Balaban J connectivity index is 0.00000180. The van der Waals surface area contributed by atoms with Crippen LogP contribution in [0.25, 0.3) is 0 Å². The zero-order valence-electron chi connectivity index (χ0n) is 11.7. The molecule has 2 unspecified atom stereocenters. The number of carbonyl (C=O) groups excluding carboxylic acids is 1. The van der Waals surface area contributed by atoms with Crippen molar-refractivity contribution < 1.29 is 4.79 Å². The van der Waals surface area contributed by atoms with Gasteiger partial charge in [-0.15, -0.1) is 24.8 Å². The van der Waals surface area contributed by atoms with Gasteiger partial charge in [-0.3, -0.25) is 4.79 Å². The summed E-state index contributed by atoms with van der Waals surface area (Å²) in [7, 11) is 0. The number of hydrogen-bond donors (Lipinski definition) is 2.